The SMILES string of the molecule is Cc1cnn(CCNC(=O)NC2COCC2C(=O)O)c1. The second kappa shape index (κ2) is 6.38. The van der Waals surface area contributed by atoms with Crippen molar-refractivity contribution in [3.63, 3.8) is 0 Å². The van der Waals surface area contributed by atoms with Gasteiger partial charge in [-0.05, 0) is 12.5 Å². The molecular weight excluding hydrogens is 264 g/mol. The Bertz CT molecular complexity index is 488. The molecule has 0 aliphatic carbocycles. The summed E-state index contributed by atoms with van der Waals surface area (Å²) in [6.45, 7) is 3.27. The Morgan fingerprint density at radius 2 is 2.35 bits per heavy atom. The molecule has 110 valence electrons. The van der Waals surface area contributed by atoms with Crippen molar-refractivity contribution in [1.29, 1.82) is 0 Å². The van der Waals surface area contributed by atoms with Crippen LogP contribution in [0, 0.1) is 12.8 Å². The molecule has 8 nitrogen and oxygen atoms in total. The van der Waals surface area contributed by atoms with E-state index in [4.69, 9.17) is 9.84 Å². The highest BCUT2D eigenvalue weighted by atomic mass is 16.5. The number of carboxylic acids is 1. The van der Waals surface area contributed by atoms with Crippen LogP contribution in [-0.2, 0) is 16.1 Å². The average molecular weight is 282 g/mol. The van der Waals surface area contributed by atoms with Gasteiger partial charge in [0, 0.05) is 12.7 Å². The molecule has 0 spiro atoms. The van der Waals surface area contributed by atoms with Crippen molar-refractivity contribution in [3.05, 3.63) is 18.0 Å². The summed E-state index contributed by atoms with van der Waals surface area (Å²) in [6.07, 6.45) is 3.62. The number of hydrogen-bond acceptors (Lipinski definition) is 4. The van der Waals surface area contributed by atoms with E-state index in [1.165, 1.54) is 0 Å². The molecule has 1 aliphatic heterocycles. The maximum atomic E-state index is 11.7. The molecule has 0 aromatic carbocycles. The summed E-state index contributed by atoms with van der Waals surface area (Å²) in [5.74, 6) is -1.64. The van der Waals surface area contributed by atoms with Crippen molar-refractivity contribution < 1.29 is 19.4 Å². The maximum Gasteiger partial charge on any atom is 0.315 e. The van der Waals surface area contributed by atoms with Crippen LogP contribution >= 0.6 is 0 Å². The third-order valence-electron chi connectivity index (χ3n) is 3.10. The first kappa shape index (κ1) is 14.3. The van der Waals surface area contributed by atoms with Gasteiger partial charge in [-0.3, -0.25) is 9.48 Å². The minimum atomic E-state index is -0.959. The summed E-state index contributed by atoms with van der Waals surface area (Å²) in [4.78, 5) is 22.6. The smallest absolute Gasteiger partial charge is 0.315 e. The second-order valence-electron chi connectivity index (χ2n) is 4.77. The molecule has 2 atom stereocenters. The van der Waals surface area contributed by atoms with Gasteiger partial charge in [0.05, 0.1) is 32.0 Å². The third-order valence-corrected chi connectivity index (χ3v) is 3.10. The van der Waals surface area contributed by atoms with Crippen LogP contribution in [0.15, 0.2) is 12.4 Å². The largest absolute Gasteiger partial charge is 0.481 e. The molecule has 1 saturated heterocycles. The van der Waals surface area contributed by atoms with Gasteiger partial charge in [-0.1, -0.05) is 0 Å². The molecule has 0 bridgehead atoms. The minimum Gasteiger partial charge on any atom is -0.481 e. The molecule has 2 heterocycles. The van der Waals surface area contributed by atoms with E-state index < -0.39 is 24.0 Å². The summed E-state index contributed by atoms with van der Waals surface area (Å²) >= 11 is 0. The molecule has 20 heavy (non-hydrogen) atoms. The van der Waals surface area contributed by atoms with Gasteiger partial charge >= 0.3 is 12.0 Å². The van der Waals surface area contributed by atoms with Crippen LogP contribution in [-0.4, -0.2) is 52.7 Å². The van der Waals surface area contributed by atoms with Crippen LogP contribution in [0.2, 0.25) is 0 Å². The molecule has 0 saturated carbocycles. The summed E-state index contributed by atoms with van der Waals surface area (Å²) in [5, 5.41) is 18.3. The van der Waals surface area contributed by atoms with Crippen LogP contribution in [0.3, 0.4) is 0 Å². The number of aliphatic carboxylic acids is 1. The number of aromatic nitrogens is 2. The Labute approximate surface area is 116 Å². The topological polar surface area (TPSA) is 105 Å². The number of ether oxygens (including phenoxy) is 1. The van der Waals surface area contributed by atoms with Gasteiger partial charge in [0.2, 0.25) is 0 Å². The molecular formula is C12H18N4O4. The maximum absolute atomic E-state index is 11.7. The molecule has 1 aromatic rings. The van der Waals surface area contributed by atoms with Crippen molar-refractivity contribution in [2.45, 2.75) is 19.5 Å². The highest BCUT2D eigenvalue weighted by Gasteiger charge is 2.34. The zero-order valence-electron chi connectivity index (χ0n) is 11.2. The Kier molecular flexibility index (Phi) is 4.57. The van der Waals surface area contributed by atoms with Crippen LogP contribution in [0.1, 0.15) is 5.56 Å². The van der Waals surface area contributed by atoms with Gasteiger partial charge in [-0.15, -0.1) is 0 Å². The summed E-state index contributed by atoms with van der Waals surface area (Å²) < 4.78 is 6.80. The normalized spacial score (nSPS) is 21.6. The average Bonchev–Trinajstić information content (AvgIpc) is 2.98. The van der Waals surface area contributed by atoms with Crippen molar-refractivity contribution >= 4 is 12.0 Å². The number of amides is 2. The Morgan fingerprint density at radius 3 is 3.00 bits per heavy atom. The standard InChI is InChI=1S/C12H18N4O4/c1-8-4-14-16(5-8)3-2-13-12(19)15-10-7-20-6-9(10)11(17)18/h4-5,9-10H,2-3,6-7H2,1H3,(H,17,18)(H2,13,15,19). The van der Waals surface area contributed by atoms with Gasteiger partial charge in [-0.2, -0.15) is 5.10 Å². The number of hydrogen-bond donors (Lipinski definition) is 3. The fourth-order valence-electron chi connectivity index (χ4n) is 2.03. The number of rotatable bonds is 5. The number of carbonyl (C=O) groups is 2. The van der Waals surface area contributed by atoms with Gasteiger partial charge in [0.15, 0.2) is 0 Å². The lowest BCUT2D eigenvalue weighted by Gasteiger charge is -2.16. The molecule has 2 amide bonds. The van der Waals surface area contributed by atoms with Crippen molar-refractivity contribution in [3.8, 4) is 0 Å². The lowest BCUT2D eigenvalue weighted by Crippen LogP contribution is -2.47. The summed E-state index contributed by atoms with van der Waals surface area (Å²) in [6, 6.07) is -0.880. The molecule has 1 aromatic heterocycles. The van der Waals surface area contributed by atoms with E-state index in [0.29, 0.717) is 13.1 Å². The van der Waals surface area contributed by atoms with Crippen molar-refractivity contribution in [2.24, 2.45) is 5.92 Å². The summed E-state index contributed by atoms with van der Waals surface area (Å²) in [5.41, 5.74) is 1.06. The lowest BCUT2D eigenvalue weighted by atomic mass is 10.0. The number of nitrogens with zero attached hydrogens (tertiary/aromatic N) is 2. The number of carbonyl (C=O) groups excluding carboxylic acids is 1. The Morgan fingerprint density at radius 1 is 1.55 bits per heavy atom. The van der Waals surface area contributed by atoms with Crippen molar-refractivity contribution in [1.82, 2.24) is 20.4 Å². The first-order chi connectivity index (χ1) is 9.56. The predicted octanol–water partition coefficient (Wildman–Crippen LogP) is -0.410. The Hall–Kier alpha value is -2.09. The monoisotopic (exact) mass is 282 g/mol. The van der Waals surface area contributed by atoms with Crippen LogP contribution in [0.5, 0.6) is 0 Å². The van der Waals surface area contributed by atoms with E-state index in [-0.39, 0.29) is 13.2 Å². The van der Waals surface area contributed by atoms with Gasteiger partial charge in [0.1, 0.15) is 5.92 Å². The van der Waals surface area contributed by atoms with E-state index in [9.17, 15) is 9.59 Å². The minimum absolute atomic E-state index is 0.132. The molecule has 8 heteroatoms. The lowest BCUT2D eigenvalue weighted by molar-refractivity contribution is -0.142. The van der Waals surface area contributed by atoms with Crippen LogP contribution in [0.4, 0.5) is 4.79 Å². The number of carboxylic acid groups (broad SMARTS) is 1. The fraction of sp³-hybridized carbons (Fsp3) is 0.583. The van der Waals surface area contributed by atoms with E-state index in [2.05, 4.69) is 15.7 Å². The molecule has 1 aliphatic rings. The van der Waals surface area contributed by atoms with E-state index in [1.807, 2.05) is 13.1 Å². The molecule has 2 rings (SSSR count). The summed E-state index contributed by atoms with van der Waals surface area (Å²) in [7, 11) is 0. The molecule has 2 unspecified atom stereocenters. The van der Waals surface area contributed by atoms with Crippen LogP contribution in [0.25, 0.3) is 0 Å². The van der Waals surface area contributed by atoms with Crippen LogP contribution < -0.4 is 10.6 Å². The molecule has 3 N–H and O–H groups in total. The zero-order chi connectivity index (χ0) is 14.5. The van der Waals surface area contributed by atoms with E-state index >= 15 is 0 Å². The highest BCUT2D eigenvalue weighted by molar-refractivity contribution is 5.77. The number of nitrogens with one attached hydrogen (secondary N) is 2. The van der Waals surface area contributed by atoms with Gasteiger partial charge < -0.3 is 20.5 Å². The predicted molar refractivity (Wildman–Crippen MR) is 69.2 cm³/mol. The molecule has 0 radical (unpaired) electrons. The number of urea groups is 1. The van der Waals surface area contributed by atoms with Gasteiger partial charge in [-0.25, -0.2) is 4.79 Å². The highest BCUT2D eigenvalue weighted by Crippen LogP contribution is 2.13. The third kappa shape index (κ3) is 3.70. The number of aryl methyl sites for hydroxylation is 1. The van der Waals surface area contributed by atoms with Gasteiger partial charge in [0.25, 0.3) is 0 Å². The first-order valence-electron chi connectivity index (χ1n) is 6.40. The first-order valence-corrected chi connectivity index (χ1v) is 6.40. The van der Waals surface area contributed by atoms with Crippen molar-refractivity contribution in [2.75, 3.05) is 19.8 Å². The quantitative estimate of drug-likeness (QED) is 0.681. The second-order valence-corrected chi connectivity index (χ2v) is 4.77. The fourth-order valence-corrected chi connectivity index (χ4v) is 2.03. The van der Waals surface area contributed by atoms with E-state index in [0.717, 1.165) is 5.56 Å². The Balaban J connectivity index is 1.71. The molecule has 1 fully saturated rings. The van der Waals surface area contributed by atoms with E-state index in [1.54, 1.807) is 10.9 Å². The zero-order valence-corrected chi connectivity index (χ0v) is 11.2.